The number of rotatable bonds is 10. The molecule has 0 radical (unpaired) electrons. The number of amides is 2. The Morgan fingerprint density at radius 2 is 1.75 bits per heavy atom. The molecule has 2 amide bonds. The predicted octanol–water partition coefficient (Wildman–Crippen LogP) is 5.02. The minimum absolute atomic E-state index is 0.0717. The average Bonchev–Trinajstić information content (AvgIpc) is 2.83. The molecule has 7 nitrogen and oxygen atoms in total. The molecule has 1 atom stereocenters. The van der Waals surface area contributed by atoms with Crippen molar-refractivity contribution in [3.63, 3.8) is 0 Å². The van der Waals surface area contributed by atoms with Crippen molar-refractivity contribution in [1.82, 2.24) is 10.2 Å². The predicted molar refractivity (Wildman–Crippen MR) is 145 cm³/mol. The number of halogens is 2. The second-order valence-electron chi connectivity index (χ2n) is 9.13. The number of nitrogens with one attached hydrogen (secondary N) is 1. The van der Waals surface area contributed by atoms with Crippen LogP contribution in [0.1, 0.15) is 51.0 Å². The van der Waals surface area contributed by atoms with E-state index in [4.69, 9.17) is 23.2 Å². The third-order valence-electron chi connectivity index (χ3n) is 6.41. The highest BCUT2D eigenvalue weighted by molar-refractivity contribution is 7.92. The lowest BCUT2D eigenvalue weighted by atomic mass is 9.95. The molecule has 0 heterocycles. The summed E-state index contributed by atoms with van der Waals surface area (Å²) in [6.07, 6.45) is 6.51. The van der Waals surface area contributed by atoms with Crippen molar-refractivity contribution >= 4 is 50.7 Å². The fourth-order valence-electron chi connectivity index (χ4n) is 4.52. The highest BCUT2D eigenvalue weighted by Crippen LogP contribution is 2.25. The molecule has 0 saturated heterocycles. The van der Waals surface area contributed by atoms with Gasteiger partial charge in [0.15, 0.2) is 0 Å². The van der Waals surface area contributed by atoms with Crippen LogP contribution in [-0.4, -0.2) is 50.0 Å². The summed E-state index contributed by atoms with van der Waals surface area (Å²) in [6.45, 7) is 1.43. The molecule has 0 aliphatic heterocycles. The van der Waals surface area contributed by atoms with Crippen LogP contribution >= 0.6 is 23.2 Å². The van der Waals surface area contributed by atoms with E-state index in [0.717, 1.165) is 42.7 Å². The maximum absolute atomic E-state index is 13.7. The Balaban J connectivity index is 1.92. The largest absolute Gasteiger partial charge is 0.352 e. The Hall–Kier alpha value is -2.29. The zero-order valence-electron chi connectivity index (χ0n) is 20.6. The Morgan fingerprint density at radius 3 is 2.36 bits per heavy atom. The van der Waals surface area contributed by atoms with Gasteiger partial charge in [-0.15, -0.1) is 0 Å². The maximum atomic E-state index is 13.7. The third-order valence-corrected chi connectivity index (χ3v) is 8.16. The smallest absolute Gasteiger partial charge is 0.244 e. The van der Waals surface area contributed by atoms with E-state index in [-0.39, 0.29) is 24.2 Å². The zero-order valence-corrected chi connectivity index (χ0v) is 23.0. The highest BCUT2D eigenvalue weighted by Gasteiger charge is 2.33. The summed E-state index contributed by atoms with van der Waals surface area (Å²) >= 11 is 12.5. The van der Waals surface area contributed by atoms with Crippen LogP contribution in [0.5, 0.6) is 0 Å². The SMILES string of the molecule is CCC(C(=O)NC1CCCCC1)N(Cc1ccccc1Cl)C(=O)CN(c1cccc(Cl)c1)S(C)(=O)=O. The number of hydrogen-bond donors (Lipinski definition) is 1. The van der Waals surface area contributed by atoms with Crippen LogP contribution in [0.2, 0.25) is 10.0 Å². The van der Waals surface area contributed by atoms with Gasteiger partial charge in [-0.25, -0.2) is 8.42 Å². The van der Waals surface area contributed by atoms with Gasteiger partial charge in [0.05, 0.1) is 11.9 Å². The molecule has 196 valence electrons. The van der Waals surface area contributed by atoms with Gasteiger partial charge >= 0.3 is 0 Å². The zero-order chi connectivity index (χ0) is 26.3. The lowest BCUT2D eigenvalue weighted by Crippen LogP contribution is -2.54. The van der Waals surface area contributed by atoms with Crippen LogP contribution in [0.3, 0.4) is 0 Å². The molecule has 1 aliphatic rings. The van der Waals surface area contributed by atoms with E-state index in [1.54, 1.807) is 36.4 Å². The summed E-state index contributed by atoms with van der Waals surface area (Å²) in [6, 6.07) is 12.7. The fraction of sp³-hybridized carbons (Fsp3) is 0.462. The van der Waals surface area contributed by atoms with Crippen LogP contribution < -0.4 is 9.62 Å². The summed E-state index contributed by atoms with van der Waals surface area (Å²) in [7, 11) is -3.82. The van der Waals surface area contributed by atoms with E-state index in [9.17, 15) is 18.0 Å². The Morgan fingerprint density at radius 1 is 1.06 bits per heavy atom. The lowest BCUT2D eigenvalue weighted by molar-refractivity contribution is -0.140. The summed E-state index contributed by atoms with van der Waals surface area (Å²) in [5.74, 6) is -0.746. The summed E-state index contributed by atoms with van der Waals surface area (Å²) in [4.78, 5) is 28.5. The van der Waals surface area contributed by atoms with Crippen LogP contribution in [0.4, 0.5) is 5.69 Å². The van der Waals surface area contributed by atoms with Crippen molar-refractivity contribution in [3.05, 3.63) is 64.1 Å². The Bertz CT molecular complexity index is 1170. The molecule has 10 heteroatoms. The number of benzene rings is 2. The third kappa shape index (κ3) is 7.60. The highest BCUT2D eigenvalue weighted by atomic mass is 35.5. The van der Waals surface area contributed by atoms with Crippen molar-refractivity contribution in [1.29, 1.82) is 0 Å². The maximum Gasteiger partial charge on any atom is 0.244 e. The molecular weight excluding hydrogens is 521 g/mol. The van der Waals surface area contributed by atoms with E-state index < -0.39 is 28.5 Å². The molecule has 0 bridgehead atoms. The normalized spacial score (nSPS) is 15.2. The molecule has 1 N–H and O–H groups in total. The van der Waals surface area contributed by atoms with E-state index >= 15 is 0 Å². The van der Waals surface area contributed by atoms with Gasteiger partial charge in [0.1, 0.15) is 12.6 Å². The van der Waals surface area contributed by atoms with Gasteiger partial charge in [-0.1, -0.05) is 73.7 Å². The first-order valence-corrected chi connectivity index (χ1v) is 14.8. The van der Waals surface area contributed by atoms with Gasteiger partial charge in [0.2, 0.25) is 21.8 Å². The van der Waals surface area contributed by atoms with Crippen LogP contribution in [0.25, 0.3) is 0 Å². The number of anilines is 1. The van der Waals surface area contributed by atoms with Gasteiger partial charge in [-0.3, -0.25) is 13.9 Å². The van der Waals surface area contributed by atoms with E-state index in [1.807, 2.05) is 13.0 Å². The molecule has 2 aromatic rings. The van der Waals surface area contributed by atoms with Gasteiger partial charge < -0.3 is 10.2 Å². The number of carbonyl (C=O) groups is 2. The summed E-state index contributed by atoms with van der Waals surface area (Å²) in [5.41, 5.74) is 0.945. The van der Waals surface area contributed by atoms with Gasteiger partial charge in [-0.05, 0) is 49.1 Å². The number of hydrogen-bond acceptors (Lipinski definition) is 4. The van der Waals surface area contributed by atoms with E-state index in [2.05, 4.69) is 5.32 Å². The number of carbonyl (C=O) groups excluding carboxylic acids is 2. The number of sulfonamides is 1. The van der Waals surface area contributed by atoms with Crippen LogP contribution in [0, 0.1) is 0 Å². The van der Waals surface area contributed by atoms with Crippen LogP contribution in [0.15, 0.2) is 48.5 Å². The molecule has 0 spiro atoms. The van der Waals surface area contributed by atoms with Crippen molar-refractivity contribution in [3.8, 4) is 0 Å². The molecule has 1 fully saturated rings. The summed E-state index contributed by atoms with van der Waals surface area (Å²) < 4.78 is 26.3. The topological polar surface area (TPSA) is 86.8 Å². The first-order chi connectivity index (χ1) is 17.1. The minimum atomic E-state index is -3.82. The molecule has 1 saturated carbocycles. The second-order valence-corrected chi connectivity index (χ2v) is 11.9. The molecule has 0 aromatic heterocycles. The summed E-state index contributed by atoms with van der Waals surface area (Å²) in [5, 5.41) is 3.93. The Kier molecular flexibility index (Phi) is 10.0. The van der Waals surface area contributed by atoms with Crippen molar-refractivity contribution in [2.75, 3.05) is 17.1 Å². The quantitative estimate of drug-likeness (QED) is 0.447. The first kappa shape index (κ1) is 28.3. The number of nitrogens with zero attached hydrogens (tertiary/aromatic N) is 2. The fourth-order valence-corrected chi connectivity index (χ4v) is 5.74. The van der Waals surface area contributed by atoms with Gasteiger partial charge in [0, 0.05) is 22.6 Å². The average molecular weight is 555 g/mol. The second kappa shape index (κ2) is 12.8. The van der Waals surface area contributed by atoms with Gasteiger partial charge in [0.25, 0.3) is 0 Å². The monoisotopic (exact) mass is 553 g/mol. The Labute approximate surface area is 223 Å². The molecular formula is C26H33Cl2N3O4S. The minimum Gasteiger partial charge on any atom is -0.352 e. The van der Waals surface area contributed by atoms with Crippen molar-refractivity contribution in [2.24, 2.45) is 0 Å². The van der Waals surface area contributed by atoms with Gasteiger partial charge in [-0.2, -0.15) is 0 Å². The van der Waals surface area contributed by atoms with E-state index in [0.29, 0.717) is 22.0 Å². The van der Waals surface area contributed by atoms with Crippen LogP contribution in [-0.2, 0) is 26.2 Å². The molecule has 2 aromatic carbocycles. The van der Waals surface area contributed by atoms with Crippen molar-refractivity contribution < 1.29 is 18.0 Å². The van der Waals surface area contributed by atoms with Crippen molar-refractivity contribution in [2.45, 2.75) is 64.1 Å². The standard InChI is InChI=1S/C26H33Cl2N3O4S/c1-3-24(26(33)29-21-12-5-4-6-13-21)30(17-19-10-7-8-15-23(19)28)25(32)18-31(36(2,34)35)22-14-9-11-20(27)16-22/h7-11,14-16,21,24H,3-6,12-13,17-18H2,1-2H3,(H,29,33). The van der Waals surface area contributed by atoms with E-state index in [1.165, 1.54) is 11.0 Å². The molecule has 1 unspecified atom stereocenters. The molecule has 36 heavy (non-hydrogen) atoms. The molecule has 1 aliphatic carbocycles. The first-order valence-electron chi connectivity index (χ1n) is 12.2. The molecule has 3 rings (SSSR count). The lowest BCUT2D eigenvalue weighted by Gasteiger charge is -2.34.